The molecule has 0 aliphatic carbocycles. The Hall–Kier alpha value is -1.71. The van der Waals surface area contributed by atoms with Crippen LogP contribution in [0.3, 0.4) is 0 Å². The maximum absolute atomic E-state index is 12.6. The molecule has 100 valence electrons. The number of ether oxygens (including phenoxy) is 1. The van der Waals surface area contributed by atoms with Crippen molar-refractivity contribution in [3.8, 4) is 6.07 Å². The highest BCUT2D eigenvalue weighted by Crippen LogP contribution is 2.41. The predicted molar refractivity (Wildman–Crippen MR) is 56.2 cm³/mol. The number of nitrogens with zero attached hydrogens (tertiary/aromatic N) is 2. The van der Waals surface area contributed by atoms with Gasteiger partial charge in [0.25, 0.3) is 0 Å². The van der Waals surface area contributed by atoms with Crippen molar-refractivity contribution in [2.75, 3.05) is 0 Å². The second-order valence-electron chi connectivity index (χ2n) is 4.88. The van der Waals surface area contributed by atoms with E-state index in [4.69, 9.17) is 10.00 Å². The van der Waals surface area contributed by atoms with Crippen molar-refractivity contribution in [1.29, 1.82) is 5.26 Å². The molecule has 1 heterocycles. The molecule has 0 aromatic heterocycles. The molecular formula is C11H13F3N2O2. The molecule has 0 radical (unpaired) electrons. The molecule has 0 saturated carbocycles. The minimum absolute atomic E-state index is 0.0223. The van der Waals surface area contributed by atoms with Gasteiger partial charge in [-0.1, -0.05) is 0 Å². The monoisotopic (exact) mass is 262 g/mol. The van der Waals surface area contributed by atoms with Crippen LogP contribution in [0.15, 0.2) is 11.8 Å². The zero-order chi connectivity index (χ0) is 14.1. The summed E-state index contributed by atoms with van der Waals surface area (Å²) in [7, 11) is 0. The summed E-state index contributed by atoms with van der Waals surface area (Å²) in [5.74, 6) is 0. The molecule has 0 spiro atoms. The fraction of sp³-hybridized carbons (Fsp3) is 0.636. The molecule has 0 bridgehead atoms. The molecule has 1 unspecified atom stereocenters. The number of likely N-dealkylation sites (tertiary alicyclic amines) is 1. The largest absolute Gasteiger partial charge is 0.443 e. The van der Waals surface area contributed by atoms with E-state index in [-0.39, 0.29) is 12.1 Å². The summed E-state index contributed by atoms with van der Waals surface area (Å²) in [5, 5.41) is 8.44. The topological polar surface area (TPSA) is 53.3 Å². The number of rotatable bonds is 0. The Kier molecular flexibility index (Phi) is 3.60. The number of hydrogen-bond acceptors (Lipinski definition) is 3. The lowest BCUT2D eigenvalue weighted by atomic mass is 9.98. The highest BCUT2D eigenvalue weighted by atomic mass is 19.4. The summed E-state index contributed by atoms with van der Waals surface area (Å²) < 4.78 is 42.7. The van der Waals surface area contributed by atoms with Gasteiger partial charge >= 0.3 is 12.3 Å². The third-order valence-corrected chi connectivity index (χ3v) is 2.22. The molecular weight excluding hydrogens is 249 g/mol. The Bertz CT molecular complexity index is 415. The van der Waals surface area contributed by atoms with Crippen LogP contribution >= 0.6 is 0 Å². The molecule has 0 aromatic carbocycles. The highest BCUT2D eigenvalue weighted by Gasteiger charge is 2.54. The van der Waals surface area contributed by atoms with Gasteiger partial charge in [0, 0.05) is 18.2 Å². The molecule has 1 fully saturated rings. The van der Waals surface area contributed by atoms with Crippen LogP contribution in [0.4, 0.5) is 18.0 Å². The van der Waals surface area contributed by atoms with E-state index in [1.54, 1.807) is 26.8 Å². The number of amides is 1. The fourth-order valence-corrected chi connectivity index (χ4v) is 1.50. The summed E-state index contributed by atoms with van der Waals surface area (Å²) in [6.07, 6.45) is -5.07. The Morgan fingerprint density at radius 3 is 2.44 bits per heavy atom. The van der Waals surface area contributed by atoms with Crippen molar-refractivity contribution < 1.29 is 22.7 Å². The lowest BCUT2D eigenvalue weighted by molar-refractivity contribution is -0.193. The number of carbonyl (C=O) groups excluding carboxylic acids is 1. The number of hydrogen-bond donors (Lipinski definition) is 0. The van der Waals surface area contributed by atoms with Crippen molar-refractivity contribution in [1.82, 2.24) is 4.90 Å². The maximum Gasteiger partial charge on any atom is 0.415 e. The van der Waals surface area contributed by atoms with Gasteiger partial charge in [0.05, 0.1) is 6.07 Å². The van der Waals surface area contributed by atoms with Crippen molar-refractivity contribution in [2.45, 2.75) is 45.0 Å². The molecule has 1 amide bonds. The number of carbonyl (C=O) groups is 1. The van der Waals surface area contributed by atoms with Gasteiger partial charge in [-0.2, -0.15) is 18.4 Å². The molecule has 0 aromatic rings. The smallest absolute Gasteiger partial charge is 0.415 e. The molecule has 18 heavy (non-hydrogen) atoms. The summed E-state index contributed by atoms with van der Waals surface area (Å²) >= 11 is 0. The average molecular weight is 262 g/mol. The molecule has 1 atom stereocenters. The number of nitriles is 1. The van der Waals surface area contributed by atoms with Crippen LogP contribution in [0, 0.1) is 11.3 Å². The van der Waals surface area contributed by atoms with E-state index >= 15 is 0 Å². The fourth-order valence-electron chi connectivity index (χ4n) is 1.50. The SMILES string of the molecule is CC(C)(C)OC(=O)N1/C(=C/C#N)CC1C(F)(F)F. The van der Waals surface area contributed by atoms with Crippen molar-refractivity contribution in [3.05, 3.63) is 11.8 Å². The number of allylic oxidation sites excluding steroid dienone is 1. The summed E-state index contributed by atoms with van der Waals surface area (Å²) in [6.45, 7) is 4.67. The van der Waals surface area contributed by atoms with Crippen LogP contribution in [-0.4, -0.2) is 28.8 Å². The summed E-state index contributed by atoms with van der Waals surface area (Å²) in [4.78, 5) is 12.1. The average Bonchev–Trinajstić information content (AvgIpc) is 2.05. The predicted octanol–water partition coefficient (Wildman–Crippen LogP) is 2.97. The van der Waals surface area contributed by atoms with Gasteiger partial charge < -0.3 is 4.74 Å². The van der Waals surface area contributed by atoms with Crippen molar-refractivity contribution >= 4 is 6.09 Å². The lowest BCUT2D eigenvalue weighted by Gasteiger charge is -2.43. The summed E-state index contributed by atoms with van der Waals surface area (Å²) in [6, 6.07) is -0.300. The van der Waals surface area contributed by atoms with Gasteiger partial charge in [-0.25, -0.2) is 4.79 Å². The van der Waals surface area contributed by atoms with Crippen LogP contribution < -0.4 is 0 Å². The number of alkyl halides is 3. The van der Waals surface area contributed by atoms with Gasteiger partial charge in [-0.15, -0.1) is 0 Å². The van der Waals surface area contributed by atoms with Crippen molar-refractivity contribution in [3.63, 3.8) is 0 Å². The van der Waals surface area contributed by atoms with E-state index in [0.717, 1.165) is 6.08 Å². The molecule has 4 nitrogen and oxygen atoms in total. The first kappa shape index (κ1) is 14.4. The second kappa shape index (κ2) is 4.52. The Morgan fingerprint density at radius 2 is 2.06 bits per heavy atom. The molecule has 7 heteroatoms. The van der Waals surface area contributed by atoms with Gasteiger partial charge in [-0.05, 0) is 20.8 Å². The Morgan fingerprint density at radius 1 is 1.50 bits per heavy atom. The van der Waals surface area contributed by atoms with E-state index in [0.29, 0.717) is 4.90 Å². The van der Waals surface area contributed by atoms with E-state index in [1.165, 1.54) is 0 Å². The minimum Gasteiger partial charge on any atom is -0.443 e. The maximum atomic E-state index is 12.6. The normalized spacial score (nSPS) is 22.4. The minimum atomic E-state index is -4.52. The van der Waals surface area contributed by atoms with Crippen LogP contribution in [0.2, 0.25) is 0 Å². The first-order valence-electron chi connectivity index (χ1n) is 5.24. The first-order valence-corrected chi connectivity index (χ1v) is 5.24. The quantitative estimate of drug-likeness (QED) is 0.630. The van der Waals surface area contributed by atoms with E-state index in [2.05, 4.69) is 0 Å². The van der Waals surface area contributed by atoms with Crippen molar-refractivity contribution in [2.24, 2.45) is 0 Å². The van der Waals surface area contributed by atoms with E-state index in [9.17, 15) is 18.0 Å². The second-order valence-corrected chi connectivity index (χ2v) is 4.88. The van der Waals surface area contributed by atoms with Crippen LogP contribution in [0.25, 0.3) is 0 Å². The Balaban J connectivity index is 2.89. The molecule has 1 saturated heterocycles. The van der Waals surface area contributed by atoms with Crippen LogP contribution in [0.1, 0.15) is 27.2 Å². The molecule has 1 aliphatic rings. The zero-order valence-corrected chi connectivity index (χ0v) is 10.2. The van der Waals surface area contributed by atoms with Gasteiger partial charge in [0.2, 0.25) is 0 Å². The van der Waals surface area contributed by atoms with Gasteiger partial charge in [-0.3, -0.25) is 4.90 Å². The zero-order valence-electron chi connectivity index (χ0n) is 10.2. The standard InChI is InChI=1S/C11H13F3N2O2/c1-10(2,3)18-9(17)16-7(4-5-15)6-8(16)11(12,13)14/h4,8H,6H2,1-3H3/b7-4+. The molecule has 1 aliphatic heterocycles. The molecule has 0 N–H and O–H groups in total. The first-order chi connectivity index (χ1) is 8.06. The van der Waals surface area contributed by atoms with Crippen LogP contribution in [0.5, 0.6) is 0 Å². The Labute approximate surface area is 103 Å². The summed E-state index contributed by atoms with van der Waals surface area (Å²) in [5.41, 5.74) is -0.866. The molecule has 1 rings (SSSR count). The van der Waals surface area contributed by atoms with Gasteiger partial charge in [0.15, 0.2) is 0 Å². The van der Waals surface area contributed by atoms with E-state index in [1.807, 2.05) is 0 Å². The third kappa shape index (κ3) is 3.15. The third-order valence-electron chi connectivity index (χ3n) is 2.22. The number of halogens is 3. The van der Waals surface area contributed by atoms with Crippen LogP contribution in [-0.2, 0) is 4.74 Å². The lowest BCUT2D eigenvalue weighted by Crippen LogP contribution is -2.57. The van der Waals surface area contributed by atoms with E-state index < -0.39 is 23.9 Å². The highest BCUT2D eigenvalue weighted by molar-refractivity contribution is 5.73. The van der Waals surface area contributed by atoms with Gasteiger partial charge in [0.1, 0.15) is 11.6 Å².